The minimum absolute atomic E-state index is 0.454. The van der Waals surface area contributed by atoms with E-state index in [-0.39, 0.29) is 0 Å². The smallest absolute Gasteiger partial charge is 0.258 e. The highest BCUT2D eigenvalue weighted by Crippen LogP contribution is 2.33. The molecule has 2 N–H and O–H groups in total. The average Bonchev–Trinajstić information content (AvgIpc) is 2.14. The topological polar surface area (TPSA) is 146 Å². The molecule has 1 aromatic carbocycles. The third-order valence-electron chi connectivity index (χ3n) is 1.73. The number of sulfonamides is 1. The van der Waals surface area contributed by atoms with Gasteiger partial charge in [0.15, 0.2) is 4.90 Å². The summed E-state index contributed by atoms with van der Waals surface area (Å²) in [5, 5.41) is 25.2. The van der Waals surface area contributed by atoms with Crippen molar-refractivity contribution >= 4 is 33.0 Å². The number of primary sulfonamides is 1. The van der Waals surface area contributed by atoms with Crippen molar-refractivity contribution in [1.82, 2.24) is 0 Å². The molecule has 0 fully saturated rings. The fourth-order valence-electron chi connectivity index (χ4n) is 1.04. The largest absolute Gasteiger partial charge is 0.291 e. The van der Waals surface area contributed by atoms with Crippen LogP contribution in [0.2, 0.25) is 5.02 Å². The van der Waals surface area contributed by atoms with Crippen LogP contribution in [0.25, 0.3) is 0 Å². The summed E-state index contributed by atoms with van der Waals surface area (Å²) in [5.74, 6) is 0. The van der Waals surface area contributed by atoms with Crippen molar-refractivity contribution in [3.8, 4) is 0 Å². The summed E-state index contributed by atoms with van der Waals surface area (Å²) in [4.78, 5) is 18.1. The van der Waals surface area contributed by atoms with Gasteiger partial charge in [0.1, 0.15) is 5.02 Å². The van der Waals surface area contributed by atoms with Crippen molar-refractivity contribution in [3.05, 3.63) is 37.4 Å². The number of nitrogens with two attached hydrogens (primary N) is 1. The molecule has 1 aromatic rings. The highest BCUT2D eigenvalue weighted by molar-refractivity contribution is 7.89. The Labute approximate surface area is 99.1 Å². The molecule has 17 heavy (non-hydrogen) atoms. The lowest BCUT2D eigenvalue weighted by atomic mass is 10.3. The minimum atomic E-state index is -4.46. The number of hydrogen-bond acceptors (Lipinski definition) is 6. The van der Waals surface area contributed by atoms with Crippen LogP contribution in [-0.4, -0.2) is 18.3 Å². The lowest BCUT2D eigenvalue weighted by Crippen LogP contribution is -2.14. The summed E-state index contributed by atoms with van der Waals surface area (Å²) in [6, 6.07) is 1.02. The Morgan fingerprint density at radius 1 is 1.12 bits per heavy atom. The van der Waals surface area contributed by atoms with Gasteiger partial charge in [0, 0.05) is 12.1 Å². The molecule has 0 bridgehead atoms. The summed E-state index contributed by atoms with van der Waals surface area (Å²) in [6.07, 6.45) is 0. The van der Waals surface area contributed by atoms with Gasteiger partial charge in [-0.05, 0) is 0 Å². The fraction of sp³-hybridized carbons (Fsp3) is 0. The molecule has 0 aliphatic rings. The standard InChI is InChI=1S/C6H4ClN3O6S/c7-3-1-5(10(13)14)6(17(8,15)16)2-4(3)9(11)12/h1-2H,(H2,8,15,16). The number of nitro benzene ring substituents is 2. The van der Waals surface area contributed by atoms with E-state index >= 15 is 0 Å². The Bertz CT molecular complexity index is 612. The summed E-state index contributed by atoms with van der Waals surface area (Å²) >= 11 is 5.41. The second-order valence-corrected chi connectivity index (χ2v) is 4.77. The molecule has 0 saturated heterocycles. The Hall–Kier alpha value is -1.78. The quantitative estimate of drug-likeness (QED) is 0.640. The van der Waals surface area contributed by atoms with Crippen molar-refractivity contribution in [2.24, 2.45) is 5.14 Å². The van der Waals surface area contributed by atoms with Crippen LogP contribution in [0.5, 0.6) is 0 Å². The number of nitrogens with zero attached hydrogens (tertiary/aromatic N) is 2. The number of nitro groups is 2. The maximum atomic E-state index is 11.1. The third kappa shape index (κ3) is 2.67. The van der Waals surface area contributed by atoms with E-state index in [1.54, 1.807) is 0 Å². The van der Waals surface area contributed by atoms with Crippen molar-refractivity contribution in [3.63, 3.8) is 0 Å². The van der Waals surface area contributed by atoms with E-state index in [0.29, 0.717) is 12.1 Å². The van der Waals surface area contributed by atoms with Gasteiger partial charge in [0.25, 0.3) is 11.4 Å². The monoisotopic (exact) mass is 281 g/mol. The van der Waals surface area contributed by atoms with E-state index in [4.69, 9.17) is 16.7 Å². The highest BCUT2D eigenvalue weighted by Gasteiger charge is 2.28. The van der Waals surface area contributed by atoms with Crippen LogP contribution in [0.3, 0.4) is 0 Å². The minimum Gasteiger partial charge on any atom is -0.258 e. The molecule has 0 radical (unpaired) electrons. The maximum absolute atomic E-state index is 11.1. The van der Waals surface area contributed by atoms with E-state index < -0.39 is 41.2 Å². The van der Waals surface area contributed by atoms with Crippen LogP contribution in [0.4, 0.5) is 11.4 Å². The molecule has 0 unspecified atom stereocenters. The first kappa shape index (κ1) is 13.3. The molecule has 11 heteroatoms. The molecule has 0 atom stereocenters. The van der Waals surface area contributed by atoms with E-state index in [1.807, 2.05) is 0 Å². The van der Waals surface area contributed by atoms with Crippen molar-refractivity contribution in [2.45, 2.75) is 4.90 Å². The third-order valence-corrected chi connectivity index (χ3v) is 2.97. The number of halogens is 1. The van der Waals surface area contributed by atoms with Crippen LogP contribution < -0.4 is 5.14 Å². The van der Waals surface area contributed by atoms with Gasteiger partial charge >= 0.3 is 0 Å². The molecule has 0 aromatic heterocycles. The molecule has 0 amide bonds. The van der Waals surface area contributed by atoms with Gasteiger partial charge in [-0.25, -0.2) is 13.6 Å². The SMILES string of the molecule is NS(=O)(=O)c1cc([N+](=O)[O-])c(Cl)cc1[N+](=O)[O-]. The van der Waals surface area contributed by atoms with Gasteiger partial charge < -0.3 is 0 Å². The zero-order valence-electron chi connectivity index (χ0n) is 7.86. The summed E-state index contributed by atoms with van der Waals surface area (Å²) in [7, 11) is -4.46. The molecule has 92 valence electrons. The van der Waals surface area contributed by atoms with Crippen molar-refractivity contribution in [2.75, 3.05) is 0 Å². The van der Waals surface area contributed by atoms with Gasteiger partial charge in [-0.1, -0.05) is 11.6 Å². The number of hydrogen-bond donors (Lipinski definition) is 1. The lowest BCUT2D eigenvalue weighted by molar-refractivity contribution is -0.391. The first-order valence-corrected chi connectivity index (χ1v) is 5.72. The Morgan fingerprint density at radius 2 is 1.59 bits per heavy atom. The Balaban J connectivity index is 3.72. The van der Waals surface area contributed by atoms with Gasteiger partial charge in [-0.15, -0.1) is 0 Å². The molecule has 1 rings (SSSR count). The molecule has 9 nitrogen and oxygen atoms in total. The lowest BCUT2D eigenvalue weighted by Gasteiger charge is -2.01. The Morgan fingerprint density at radius 3 is 1.94 bits per heavy atom. The first-order valence-electron chi connectivity index (χ1n) is 3.79. The highest BCUT2D eigenvalue weighted by atomic mass is 35.5. The molecule has 0 aliphatic carbocycles. The molecule has 0 saturated carbocycles. The molecule has 0 spiro atoms. The van der Waals surface area contributed by atoms with Crippen molar-refractivity contribution in [1.29, 1.82) is 0 Å². The number of benzene rings is 1. The maximum Gasteiger partial charge on any atom is 0.291 e. The van der Waals surface area contributed by atoms with Crippen LogP contribution in [0.15, 0.2) is 17.0 Å². The second-order valence-electron chi connectivity index (χ2n) is 2.83. The van der Waals surface area contributed by atoms with E-state index in [2.05, 4.69) is 0 Å². The predicted molar refractivity (Wildman–Crippen MR) is 56.1 cm³/mol. The van der Waals surface area contributed by atoms with E-state index in [0.717, 1.165) is 0 Å². The zero-order valence-corrected chi connectivity index (χ0v) is 9.43. The van der Waals surface area contributed by atoms with Gasteiger partial charge in [-0.3, -0.25) is 20.2 Å². The van der Waals surface area contributed by atoms with E-state index in [9.17, 15) is 28.6 Å². The molecule has 0 aliphatic heterocycles. The summed E-state index contributed by atoms with van der Waals surface area (Å²) in [5.41, 5.74) is -1.69. The molecular formula is C6H4ClN3O6S. The normalized spacial score (nSPS) is 11.2. The first-order chi connectivity index (χ1) is 7.64. The summed E-state index contributed by atoms with van der Waals surface area (Å²) in [6.45, 7) is 0. The summed E-state index contributed by atoms with van der Waals surface area (Å²) < 4.78 is 22.1. The predicted octanol–water partition coefficient (Wildman–Crippen LogP) is 0.804. The molecule has 0 heterocycles. The Kier molecular flexibility index (Phi) is 3.31. The number of rotatable bonds is 3. The molecular weight excluding hydrogens is 278 g/mol. The van der Waals surface area contributed by atoms with Gasteiger partial charge in [0.2, 0.25) is 10.0 Å². The van der Waals surface area contributed by atoms with Crippen LogP contribution in [0.1, 0.15) is 0 Å². The van der Waals surface area contributed by atoms with Gasteiger partial charge in [0.05, 0.1) is 9.85 Å². The van der Waals surface area contributed by atoms with Crippen LogP contribution >= 0.6 is 11.6 Å². The van der Waals surface area contributed by atoms with Gasteiger partial charge in [-0.2, -0.15) is 0 Å². The average molecular weight is 282 g/mol. The van der Waals surface area contributed by atoms with Crippen molar-refractivity contribution < 1.29 is 18.3 Å². The second kappa shape index (κ2) is 4.24. The van der Waals surface area contributed by atoms with E-state index in [1.165, 1.54) is 0 Å². The zero-order chi connectivity index (χ0) is 13.4. The van der Waals surface area contributed by atoms with Crippen LogP contribution in [-0.2, 0) is 10.0 Å². The fourth-order valence-corrected chi connectivity index (χ4v) is 1.97. The van der Waals surface area contributed by atoms with Crippen LogP contribution in [0, 0.1) is 20.2 Å².